The molecule has 0 atom stereocenters. The number of carbonyl (C=O) groups is 1. The van der Waals surface area contributed by atoms with Gasteiger partial charge in [-0.05, 0) is 73.7 Å². The van der Waals surface area contributed by atoms with Crippen molar-refractivity contribution in [3.8, 4) is 0 Å². The summed E-state index contributed by atoms with van der Waals surface area (Å²) in [7, 11) is 0. The molecule has 0 saturated carbocycles. The van der Waals surface area contributed by atoms with E-state index in [1.54, 1.807) is 0 Å². The van der Waals surface area contributed by atoms with E-state index in [0.29, 0.717) is 50.6 Å². The molecule has 260 valence electrons. The van der Waals surface area contributed by atoms with Crippen LogP contribution in [0.15, 0.2) is 36.4 Å². The Hall–Kier alpha value is -2.87. The van der Waals surface area contributed by atoms with E-state index in [0.717, 1.165) is 50.4 Å². The molecule has 0 bridgehead atoms. The number of nitrogens with zero attached hydrogens (tertiary/aromatic N) is 4. The van der Waals surface area contributed by atoms with E-state index in [1.807, 2.05) is 37.5 Å². The van der Waals surface area contributed by atoms with Crippen LogP contribution in [0.3, 0.4) is 0 Å². The summed E-state index contributed by atoms with van der Waals surface area (Å²) in [5, 5.41) is 0. The van der Waals surface area contributed by atoms with Crippen LogP contribution >= 0.6 is 0 Å². The highest BCUT2D eigenvalue weighted by molar-refractivity contribution is 5.86. The maximum atomic E-state index is 13.8. The van der Waals surface area contributed by atoms with E-state index in [2.05, 4.69) is 9.80 Å². The number of hydrogen-bond donors (Lipinski definition) is 2. The van der Waals surface area contributed by atoms with Crippen molar-refractivity contribution in [1.29, 1.82) is 0 Å². The third-order valence-electron chi connectivity index (χ3n) is 8.23. The molecule has 7 nitrogen and oxygen atoms in total. The Morgan fingerprint density at radius 1 is 0.587 bits per heavy atom. The van der Waals surface area contributed by atoms with E-state index in [4.69, 9.17) is 11.5 Å². The van der Waals surface area contributed by atoms with Crippen LogP contribution in [0.1, 0.15) is 49.9 Å². The summed E-state index contributed by atoms with van der Waals surface area (Å²) in [4.78, 5) is 21.7. The molecule has 0 aliphatic rings. The second-order valence-corrected chi connectivity index (χ2v) is 11.2. The fourth-order valence-electron chi connectivity index (χ4n) is 5.53. The number of nitrogens with two attached hydrogens (primary N) is 2. The SMILES string of the molecule is CCN(CC)CCN(CCN)c1ccc(C(F)(F)F)cc1CC(=O)Cc1cc(C(F)(F)F)ccc1N(CCN)CCN(CC)CC. The zero-order valence-electron chi connectivity index (χ0n) is 27.5. The number of Topliss-reactive ketones (excluding diaryl/α,β-unsaturated/α-hetero) is 1. The first kappa shape index (κ1) is 39.3. The van der Waals surface area contributed by atoms with Gasteiger partial charge in [-0.25, -0.2) is 0 Å². The van der Waals surface area contributed by atoms with Gasteiger partial charge in [-0.3, -0.25) is 4.79 Å². The zero-order chi connectivity index (χ0) is 34.5. The molecule has 0 unspecified atom stereocenters. The van der Waals surface area contributed by atoms with E-state index in [-0.39, 0.29) is 24.2 Å². The zero-order valence-corrected chi connectivity index (χ0v) is 27.5. The number of hydrogen-bond acceptors (Lipinski definition) is 7. The summed E-state index contributed by atoms with van der Waals surface area (Å²) in [6, 6.07) is 6.61. The Kier molecular flexibility index (Phi) is 15.8. The van der Waals surface area contributed by atoms with Crippen molar-refractivity contribution in [2.24, 2.45) is 11.5 Å². The Bertz CT molecular complexity index is 1120. The molecule has 0 heterocycles. The molecule has 0 saturated heterocycles. The number of benzene rings is 2. The van der Waals surface area contributed by atoms with Gasteiger partial charge in [-0.2, -0.15) is 26.3 Å². The molecule has 2 rings (SSSR count). The predicted molar refractivity (Wildman–Crippen MR) is 173 cm³/mol. The number of likely N-dealkylation sites (N-methyl/N-ethyl adjacent to an activating group) is 2. The molecular weight excluding hydrogens is 610 g/mol. The van der Waals surface area contributed by atoms with Crippen LogP contribution in [0.2, 0.25) is 0 Å². The van der Waals surface area contributed by atoms with Gasteiger partial charge in [0.1, 0.15) is 5.78 Å². The van der Waals surface area contributed by atoms with E-state index < -0.39 is 42.1 Å². The van der Waals surface area contributed by atoms with Gasteiger partial charge in [0.2, 0.25) is 0 Å². The quantitative estimate of drug-likeness (QED) is 0.187. The summed E-state index contributed by atoms with van der Waals surface area (Å²) in [5.74, 6) is -0.506. The number of carbonyl (C=O) groups excluding carboxylic acids is 1. The van der Waals surface area contributed by atoms with Gasteiger partial charge >= 0.3 is 12.4 Å². The molecule has 0 aromatic heterocycles. The van der Waals surface area contributed by atoms with E-state index in [9.17, 15) is 31.1 Å². The fraction of sp³-hybridized carbons (Fsp3) is 0.606. The van der Waals surface area contributed by atoms with Crippen molar-refractivity contribution in [3.63, 3.8) is 0 Å². The van der Waals surface area contributed by atoms with Gasteiger partial charge in [0.05, 0.1) is 11.1 Å². The lowest BCUT2D eigenvalue weighted by Crippen LogP contribution is -2.38. The van der Waals surface area contributed by atoms with Crippen LogP contribution in [0, 0.1) is 0 Å². The van der Waals surface area contributed by atoms with Crippen LogP contribution in [-0.2, 0) is 30.0 Å². The molecule has 13 heteroatoms. The van der Waals surface area contributed by atoms with Gasteiger partial charge in [0.25, 0.3) is 0 Å². The van der Waals surface area contributed by atoms with Gasteiger partial charge in [-0.1, -0.05) is 27.7 Å². The summed E-state index contributed by atoms with van der Waals surface area (Å²) in [6.07, 6.45) is -10.1. The fourth-order valence-corrected chi connectivity index (χ4v) is 5.53. The number of halogens is 6. The molecule has 0 radical (unpaired) electrons. The van der Waals surface area contributed by atoms with Crippen molar-refractivity contribution in [3.05, 3.63) is 58.7 Å². The lowest BCUT2D eigenvalue weighted by Gasteiger charge is -2.30. The van der Waals surface area contributed by atoms with Gasteiger partial charge in [0.15, 0.2) is 0 Å². The molecule has 0 fully saturated rings. The minimum atomic E-state index is -4.64. The highest BCUT2D eigenvalue weighted by Crippen LogP contribution is 2.35. The van der Waals surface area contributed by atoms with Crippen LogP contribution in [0.5, 0.6) is 0 Å². The monoisotopic (exact) mass is 660 g/mol. The Labute approximate surface area is 269 Å². The normalized spacial score (nSPS) is 12.3. The van der Waals surface area contributed by atoms with E-state index >= 15 is 0 Å². The maximum Gasteiger partial charge on any atom is 0.416 e. The topological polar surface area (TPSA) is 82.1 Å². The molecule has 0 spiro atoms. The minimum Gasteiger partial charge on any atom is -0.369 e. The first-order valence-corrected chi connectivity index (χ1v) is 16.0. The molecule has 46 heavy (non-hydrogen) atoms. The van der Waals surface area contributed by atoms with Crippen LogP contribution in [0.4, 0.5) is 37.7 Å². The standard InChI is InChI=1S/C33H50F6N6O/c1-5-42(6-2)17-19-44(15-13-40)30-11-9-27(32(34,35)36)21-25(30)23-29(46)24-26-22-28(33(37,38)39)10-12-31(26)45(16-14-41)20-18-43(7-3)8-4/h9-12,21-22H,5-8,13-20,23-24,40-41H2,1-4H3. The average molecular weight is 661 g/mol. The van der Waals surface area contributed by atoms with E-state index in [1.165, 1.54) is 12.1 Å². The summed E-state index contributed by atoms with van der Waals surface area (Å²) >= 11 is 0. The number of ketones is 1. The molecule has 2 aromatic carbocycles. The summed E-state index contributed by atoms with van der Waals surface area (Å²) in [5.41, 5.74) is 11.1. The second-order valence-electron chi connectivity index (χ2n) is 11.2. The molecule has 4 N–H and O–H groups in total. The predicted octanol–water partition coefficient (Wildman–Crippen LogP) is 5.29. The van der Waals surface area contributed by atoms with Gasteiger partial charge < -0.3 is 31.1 Å². The largest absolute Gasteiger partial charge is 0.416 e. The smallest absolute Gasteiger partial charge is 0.369 e. The summed E-state index contributed by atoms with van der Waals surface area (Å²) < 4.78 is 82.7. The second kappa shape index (κ2) is 18.5. The maximum absolute atomic E-state index is 13.8. The van der Waals surface area contributed by atoms with Crippen LogP contribution in [-0.4, -0.2) is 94.1 Å². The Morgan fingerprint density at radius 3 is 1.22 bits per heavy atom. The molecule has 0 aliphatic heterocycles. The van der Waals surface area contributed by atoms with Crippen LogP contribution < -0.4 is 21.3 Å². The Balaban J connectivity index is 2.53. The Morgan fingerprint density at radius 2 is 0.935 bits per heavy atom. The lowest BCUT2D eigenvalue weighted by molar-refractivity contribution is -0.138. The molecule has 0 aliphatic carbocycles. The summed E-state index contributed by atoms with van der Waals surface area (Å²) in [6.45, 7) is 14.6. The van der Waals surface area contributed by atoms with Crippen molar-refractivity contribution in [2.45, 2.75) is 52.9 Å². The molecular formula is C33H50F6N6O. The van der Waals surface area contributed by atoms with Crippen LogP contribution in [0.25, 0.3) is 0 Å². The highest BCUT2D eigenvalue weighted by Gasteiger charge is 2.33. The molecule has 2 aromatic rings. The van der Waals surface area contributed by atoms with Crippen molar-refractivity contribution in [2.75, 3.05) is 88.3 Å². The minimum absolute atomic E-state index is 0.154. The van der Waals surface area contributed by atoms with Crippen molar-refractivity contribution in [1.82, 2.24) is 9.80 Å². The lowest BCUT2D eigenvalue weighted by atomic mass is 9.96. The third kappa shape index (κ3) is 11.7. The van der Waals surface area contributed by atoms with Gasteiger partial charge in [-0.15, -0.1) is 0 Å². The highest BCUT2D eigenvalue weighted by atomic mass is 19.4. The van der Waals surface area contributed by atoms with Gasteiger partial charge in [0, 0.05) is 76.6 Å². The van der Waals surface area contributed by atoms with Crippen molar-refractivity contribution >= 4 is 17.2 Å². The molecule has 0 amide bonds. The first-order valence-electron chi connectivity index (χ1n) is 16.0. The third-order valence-corrected chi connectivity index (χ3v) is 8.23. The first-order chi connectivity index (χ1) is 21.7. The van der Waals surface area contributed by atoms with Crippen molar-refractivity contribution < 1.29 is 31.1 Å². The average Bonchev–Trinajstić information content (AvgIpc) is 3.00. The number of alkyl halides is 6. The number of rotatable bonds is 20. The number of anilines is 2.